The first kappa shape index (κ1) is 28.7. The number of halogens is 3. The number of hydrogen-bond donors (Lipinski definition) is 0. The average Bonchev–Trinajstić information content (AvgIpc) is 3.54. The van der Waals surface area contributed by atoms with E-state index in [1.807, 2.05) is 19.6 Å². The molecule has 0 saturated carbocycles. The number of alkyl halides is 3. The number of anilines is 1. The van der Waals surface area contributed by atoms with Gasteiger partial charge in [0.25, 0.3) is 18.6 Å². The number of carbonyl (C=O) groups excluding carboxylic acids is 1. The maximum Gasteiger partial charge on any atom is 0.397 e. The van der Waals surface area contributed by atoms with Crippen LogP contribution >= 0.6 is 0 Å². The van der Waals surface area contributed by atoms with Gasteiger partial charge in [0.1, 0.15) is 12.5 Å². The van der Waals surface area contributed by atoms with Gasteiger partial charge in [-0.25, -0.2) is 0 Å². The Hall–Kier alpha value is -0.892. The molecule has 0 radical (unpaired) electrons. The van der Waals surface area contributed by atoms with E-state index >= 15 is 0 Å². The van der Waals surface area contributed by atoms with Crippen molar-refractivity contribution in [2.45, 2.75) is 57.4 Å². The van der Waals surface area contributed by atoms with Crippen LogP contribution in [-0.2, 0) is 30.7 Å². The molecular formula is C20H34F3NO7Si4. The van der Waals surface area contributed by atoms with Crippen molar-refractivity contribution in [3.05, 3.63) is 30.3 Å². The Morgan fingerprint density at radius 2 is 1.77 bits per heavy atom. The molecule has 15 heteroatoms. The zero-order valence-electron chi connectivity index (χ0n) is 20.5. The molecule has 0 bridgehead atoms. The molecule has 3 rings (SSSR count). The van der Waals surface area contributed by atoms with Crippen molar-refractivity contribution in [2.24, 2.45) is 0 Å². The molecule has 5 unspecified atom stereocenters. The van der Waals surface area contributed by atoms with Gasteiger partial charge in [-0.1, -0.05) is 18.2 Å². The lowest BCUT2D eigenvalue weighted by Crippen LogP contribution is -2.64. The fourth-order valence-electron chi connectivity index (χ4n) is 4.07. The van der Waals surface area contributed by atoms with Gasteiger partial charge in [0, 0.05) is 12.3 Å². The second kappa shape index (κ2) is 12.1. The van der Waals surface area contributed by atoms with Gasteiger partial charge >= 0.3 is 23.3 Å². The highest BCUT2D eigenvalue weighted by atomic mass is 28.5. The normalized spacial score (nSPS) is 31.5. The molecule has 2 aliphatic rings. The van der Waals surface area contributed by atoms with E-state index in [2.05, 4.69) is 0 Å². The van der Waals surface area contributed by atoms with Crippen LogP contribution in [0.5, 0.6) is 0 Å². The minimum Gasteiger partial charge on any atom is -0.420 e. The summed E-state index contributed by atoms with van der Waals surface area (Å²) in [5.41, 5.74) is 0.364. The highest BCUT2D eigenvalue weighted by molar-refractivity contribution is 6.87. The quantitative estimate of drug-likeness (QED) is 0.243. The lowest BCUT2D eigenvalue weighted by molar-refractivity contribution is -0.151. The molecule has 198 valence electrons. The summed E-state index contributed by atoms with van der Waals surface area (Å²) in [6, 6.07) is 8.92. The van der Waals surface area contributed by atoms with Gasteiger partial charge in [0.2, 0.25) is 5.91 Å². The first-order chi connectivity index (χ1) is 16.4. The Morgan fingerprint density at radius 1 is 1.14 bits per heavy atom. The first-order valence-corrected chi connectivity index (χ1v) is 20.9. The van der Waals surface area contributed by atoms with Crippen molar-refractivity contribution >= 4 is 47.3 Å². The molecule has 35 heavy (non-hydrogen) atoms. The lowest BCUT2D eigenvalue weighted by atomic mass is 10.2. The first-order valence-electron chi connectivity index (χ1n) is 11.7. The Labute approximate surface area is 209 Å². The van der Waals surface area contributed by atoms with Gasteiger partial charge in [-0.3, -0.25) is 4.79 Å². The summed E-state index contributed by atoms with van der Waals surface area (Å²) in [6.07, 6.45) is -5.40. The fourth-order valence-corrected chi connectivity index (χ4v) is 21.4. The molecule has 8 nitrogen and oxygen atoms in total. The summed E-state index contributed by atoms with van der Waals surface area (Å²) in [7, 11) is -10.3. The number of benzene rings is 1. The van der Waals surface area contributed by atoms with Crippen molar-refractivity contribution in [3.8, 4) is 0 Å². The molecular weight excluding hydrogens is 536 g/mol. The van der Waals surface area contributed by atoms with Gasteiger partial charge in [0.05, 0.1) is 19.4 Å². The summed E-state index contributed by atoms with van der Waals surface area (Å²) in [5, 5.41) is 0. The minimum atomic E-state index is -4.63. The van der Waals surface area contributed by atoms with E-state index in [-0.39, 0.29) is 12.3 Å². The Balaban J connectivity index is 1.77. The number of epoxide rings is 1. The topological polar surface area (TPSA) is 79.0 Å². The van der Waals surface area contributed by atoms with Crippen LogP contribution in [0, 0.1) is 0 Å². The summed E-state index contributed by atoms with van der Waals surface area (Å²) in [4.78, 5) is 13.9. The lowest BCUT2D eigenvalue weighted by Gasteiger charge is -2.44. The molecule has 1 amide bonds. The largest absolute Gasteiger partial charge is 0.420 e. The highest BCUT2D eigenvalue weighted by Gasteiger charge is 2.49. The molecule has 2 saturated heterocycles. The van der Waals surface area contributed by atoms with Crippen LogP contribution in [0.2, 0.25) is 32.2 Å². The maximum absolute atomic E-state index is 13.1. The molecule has 0 aromatic heterocycles. The van der Waals surface area contributed by atoms with E-state index in [9.17, 15) is 18.0 Å². The van der Waals surface area contributed by atoms with Gasteiger partial charge in [-0.2, -0.15) is 13.2 Å². The standard InChI is InChI=1S/C20H34F3NO7Si4/c1-32-28-33(2)30-35(4,31-34(3,29-32)12-8-11-26-14-18-15-27-18)16-24(17-9-6-5-7-10-17)19(25)13-20(21,22)23/h5-7,9-10,18,32-33H,8,11-16H2,1-4H3. The van der Waals surface area contributed by atoms with Crippen LogP contribution in [0.3, 0.4) is 0 Å². The van der Waals surface area contributed by atoms with Crippen LogP contribution in [-0.4, -0.2) is 79.9 Å². The van der Waals surface area contributed by atoms with Crippen molar-refractivity contribution in [3.63, 3.8) is 0 Å². The fraction of sp³-hybridized carbons (Fsp3) is 0.650. The summed E-state index contributed by atoms with van der Waals surface area (Å²) in [6.45, 7) is 9.30. The summed E-state index contributed by atoms with van der Waals surface area (Å²) in [5.74, 6) is -1.05. The molecule has 2 aliphatic heterocycles. The van der Waals surface area contributed by atoms with Crippen LogP contribution in [0.1, 0.15) is 12.8 Å². The second-order valence-electron chi connectivity index (χ2n) is 9.12. The average molecular weight is 570 g/mol. The SMILES string of the molecule is C[SiH]1O[SiH](C)O[Si](C)(CN(C(=O)CC(F)(F)F)c2ccccc2)O[Si](C)(CCCOCC2CO2)O1. The number of hydrogen-bond acceptors (Lipinski definition) is 7. The third kappa shape index (κ3) is 9.82. The molecule has 1 aromatic rings. The van der Waals surface area contributed by atoms with Crippen molar-refractivity contribution in [1.29, 1.82) is 0 Å². The Bertz CT molecular complexity index is 839. The Kier molecular flexibility index (Phi) is 9.91. The number of ether oxygens (including phenoxy) is 2. The second-order valence-corrected chi connectivity index (χ2v) is 20.5. The van der Waals surface area contributed by atoms with E-state index in [4.69, 9.17) is 25.9 Å². The van der Waals surface area contributed by atoms with Gasteiger partial charge in [-0.15, -0.1) is 0 Å². The highest BCUT2D eigenvalue weighted by Crippen LogP contribution is 2.30. The molecule has 0 N–H and O–H groups in total. The number of para-hydroxylation sites is 1. The predicted molar refractivity (Wildman–Crippen MR) is 133 cm³/mol. The van der Waals surface area contributed by atoms with Crippen LogP contribution in [0.15, 0.2) is 30.3 Å². The molecule has 1 aromatic carbocycles. The third-order valence-electron chi connectivity index (χ3n) is 5.44. The molecule has 2 heterocycles. The zero-order valence-corrected chi connectivity index (χ0v) is 24.8. The number of carbonyl (C=O) groups is 1. The van der Waals surface area contributed by atoms with E-state index in [0.717, 1.165) is 11.5 Å². The van der Waals surface area contributed by atoms with Gasteiger partial charge in [0.15, 0.2) is 0 Å². The molecule has 2 fully saturated rings. The molecule has 0 aliphatic carbocycles. The molecule has 0 spiro atoms. The maximum atomic E-state index is 13.1. The summed E-state index contributed by atoms with van der Waals surface area (Å²) < 4.78 is 75.6. The van der Waals surface area contributed by atoms with Crippen LogP contribution in [0.4, 0.5) is 18.9 Å². The van der Waals surface area contributed by atoms with Crippen molar-refractivity contribution in [2.75, 3.05) is 30.9 Å². The van der Waals surface area contributed by atoms with Crippen LogP contribution < -0.4 is 4.90 Å². The van der Waals surface area contributed by atoms with Crippen molar-refractivity contribution < 1.29 is 43.9 Å². The predicted octanol–water partition coefficient (Wildman–Crippen LogP) is 3.24. The van der Waals surface area contributed by atoms with E-state index in [1.54, 1.807) is 36.9 Å². The van der Waals surface area contributed by atoms with E-state index < -0.39 is 54.2 Å². The zero-order chi connectivity index (χ0) is 25.7. The monoisotopic (exact) mass is 569 g/mol. The van der Waals surface area contributed by atoms with E-state index in [1.165, 1.54) is 0 Å². The minimum absolute atomic E-state index is 0.0932. The smallest absolute Gasteiger partial charge is 0.397 e. The summed E-state index contributed by atoms with van der Waals surface area (Å²) >= 11 is 0. The number of nitrogens with zero attached hydrogens (tertiary/aromatic N) is 1. The van der Waals surface area contributed by atoms with Gasteiger partial charge < -0.3 is 30.8 Å². The van der Waals surface area contributed by atoms with Gasteiger partial charge in [-0.05, 0) is 50.8 Å². The van der Waals surface area contributed by atoms with Crippen LogP contribution in [0.25, 0.3) is 0 Å². The van der Waals surface area contributed by atoms with Crippen molar-refractivity contribution in [1.82, 2.24) is 0 Å². The molecule has 5 atom stereocenters. The number of amides is 1. The Morgan fingerprint density at radius 3 is 2.37 bits per heavy atom. The number of rotatable bonds is 10. The third-order valence-corrected chi connectivity index (χ3v) is 20.8. The van der Waals surface area contributed by atoms with E-state index in [0.29, 0.717) is 31.4 Å².